The lowest BCUT2D eigenvalue weighted by molar-refractivity contribution is -0.124. The molecule has 29 heavy (non-hydrogen) atoms. The van der Waals surface area contributed by atoms with Crippen LogP contribution in [-0.4, -0.2) is 33.0 Å². The molecule has 0 radical (unpaired) electrons. The van der Waals surface area contributed by atoms with Crippen LogP contribution in [-0.2, 0) is 9.59 Å². The fourth-order valence-corrected chi connectivity index (χ4v) is 2.72. The molecule has 0 saturated heterocycles. The van der Waals surface area contributed by atoms with Gasteiger partial charge in [0, 0.05) is 6.08 Å². The van der Waals surface area contributed by atoms with Crippen LogP contribution in [0.15, 0.2) is 48.8 Å². The zero-order chi connectivity index (χ0) is 21.2. The van der Waals surface area contributed by atoms with Crippen LogP contribution in [0.25, 0.3) is 6.08 Å². The number of rotatable bonds is 9. The lowest BCUT2D eigenvalue weighted by atomic mass is 10.0. The molecule has 0 unspecified atom stereocenters. The zero-order valence-corrected chi connectivity index (χ0v) is 16.8. The summed E-state index contributed by atoms with van der Waals surface area (Å²) in [7, 11) is 0. The minimum absolute atomic E-state index is 0.111. The SMILES string of the molecule is CC(C)C[C@@H](Nc1cnc(C=CC(=O)NO)cn1)C(=O)N[C@@H](C)c1ccccc1. The van der Waals surface area contributed by atoms with Crippen LogP contribution < -0.4 is 16.1 Å². The minimum atomic E-state index is -0.657. The fourth-order valence-electron chi connectivity index (χ4n) is 2.72. The van der Waals surface area contributed by atoms with E-state index in [1.54, 1.807) is 0 Å². The molecule has 0 saturated carbocycles. The van der Waals surface area contributed by atoms with Gasteiger partial charge in [-0.1, -0.05) is 44.2 Å². The Kier molecular flexibility index (Phi) is 8.29. The predicted octanol–water partition coefficient (Wildman–Crippen LogP) is 2.70. The molecule has 0 aliphatic heterocycles. The normalized spacial score (nSPS) is 13.1. The number of nitrogens with one attached hydrogen (secondary N) is 3. The van der Waals surface area contributed by atoms with Crippen LogP contribution in [0.2, 0.25) is 0 Å². The van der Waals surface area contributed by atoms with E-state index < -0.39 is 11.9 Å². The maximum atomic E-state index is 12.8. The second-order valence-corrected chi connectivity index (χ2v) is 7.10. The first kappa shape index (κ1) is 22.0. The third kappa shape index (κ3) is 7.34. The Morgan fingerprint density at radius 3 is 2.41 bits per heavy atom. The van der Waals surface area contributed by atoms with Crippen molar-refractivity contribution in [2.45, 2.75) is 39.3 Å². The number of hydrogen-bond acceptors (Lipinski definition) is 6. The second kappa shape index (κ2) is 10.9. The molecule has 0 fully saturated rings. The zero-order valence-electron chi connectivity index (χ0n) is 16.8. The molecule has 1 aromatic heterocycles. The minimum Gasteiger partial charge on any atom is -0.357 e. The maximum Gasteiger partial charge on any atom is 0.267 e. The number of hydroxylamine groups is 1. The Morgan fingerprint density at radius 1 is 1.10 bits per heavy atom. The van der Waals surface area contributed by atoms with Crippen molar-refractivity contribution in [1.82, 2.24) is 20.8 Å². The molecule has 154 valence electrons. The second-order valence-electron chi connectivity index (χ2n) is 7.10. The summed E-state index contributed by atoms with van der Waals surface area (Å²) in [5.41, 5.74) is 2.98. The number of carbonyl (C=O) groups excluding carboxylic acids is 2. The summed E-state index contributed by atoms with van der Waals surface area (Å²) in [6, 6.07) is 9.20. The van der Waals surface area contributed by atoms with E-state index in [1.807, 2.05) is 51.1 Å². The van der Waals surface area contributed by atoms with Gasteiger partial charge < -0.3 is 10.6 Å². The van der Waals surface area contributed by atoms with E-state index in [4.69, 9.17) is 5.21 Å². The van der Waals surface area contributed by atoms with Crippen LogP contribution in [0.5, 0.6) is 0 Å². The first-order valence-electron chi connectivity index (χ1n) is 9.45. The van der Waals surface area contributed by atoms with Crippen LogP contribution >= 0.6 is 0 Å². The molecule has 0 aliphatic rings. The molecular weight excluding hydrogens is 370 g/mol. The third-order valence-electron chi connectivity index (χ3n) is 4.19. The Hall–Kier alpha value is -3.26. The maximum absolute atomic E-state index is 12.8. The van der Waals surface area contributed by atoms with Crippen molar-refractivity contribution in [3.63, 3.8) is 0 Å². The number of aromatic nitrogens is 2. The number of carbonyl (C=O) groups is 2. The van der Waals surface area contributed by atoms with Crippen molar-refractivity contribution in [3.8, 4) is 0 Å². The highest BCUT2D eigenvalue weighted by molar-refractivity contribution is 5.90. The number of nitrogens with zero attached hydrogens (tertiary/aromatic N) is 2. The van der Waals surface area contributed by atoms with E-state index in [2.05, 4.69) is 20.6 Å². The topological polar surface area (TPSA) is 116 Å². The lowest BCUT2D eigenvalue weighted by Crippen LogP contribution is -2.41. The van der Waals surface area contributed by atoms with E-state index in [0.29, 0.717) is 23.9 Å². The van der Waals surface area contributed by atoms with Crippen molar-refractivity contribution in [2.75, 3.05) is 5.32 Å². The highest BCUT2D eigenvalue weighted by Crippen LogP contribution is 2.15. The van der Waals surface area contributed by atoms with E-state index in [1.165, 1.54) is 23.9 Å². The number of amides is 2. The molecule has 2 amide bonds. The Balaban J connectivity index is 2.05. The summed E-state index contributed by atoms with van der Waals surface area (Å²) in [5, 5.41) is 14.7. The van der Waals surface area contributed by atoms with E-state index in [0.717, 1.165) is 11.6 Å². The third-order valence-corrected chi connectivity index (χ3v) is 4.19. The van der Waals surface area contributed by atoms with Crippen molar-refractivity contribution >= 4 is 23.7 Å². The summed E-state index contributed by atoms with van der Waals surface area (Å²) < 4.78 is 0. The molecule has 8 nitrogen and oxygen atoms in total. The Bertz CT molecular complexity index is 822. The number of benzene rings is 1. The molecule has 0 aliphatic carbocycles. The van der Waals surface area contributed by atoms with Crippen molar-refractivity contribution < 1.29 is 14.8 Å². The monoisotopic (exact) mass is 397 g/mol. The van der Waals surface area contributed by atoms with Gasteiger partial charge in [0.1, 0.15) is 11.9 Å². The highest BCUT2D eigenvalue weighted by Gasteiger charge is 2.22. The lowest BCUT2D eigenvalue weighted by Gasteiger charge is -2.23. The molecule has 4 N–H and O–H groups in total. The Morgan fingerprint density at radius 2 is 1.83 bits per heavy atom. The van der Waals surface area contributed by atoms with Gasteiger partial charge in [0.2, 0.25) is 5.91 Å². The van der Waals surface area contributed by atoms with Gasteiger partial charge in [0.05, 0.1) is 24.1 Å². The number of hydrogen-bond donors (Lipinski definition) is 4. The molecule has 2 aromatic rings. The molecule has 2 rings (SSSR count). The number of anilines is 1. The van der Waals surface area contributed by atoms with Crippen molar-refractivity contribution in [1.29, 1.82) is 0 Å². The molecule has 0 bridgehead atoms. The van der Waals surface area contributed by atoms with Gasteiger partial charge in [-0.05, 0) is 30.9 Å². The first-order valence-corrected chi connectivity index (χ1v) is 9.45. The average molecular weight is 397 g/mol. The predicted molar refractivity (Wildman–Crippen MR) is 111 cm³/mol. The van der Waals surface area contributed by atoms with Gasteiger partial charge in [-0.2, -0.15) is 0 Å². The Labute approximate surface area is 170 Å². The summed E-state index contributed by atoms with van der Waals surface area (Å²) >= 11 is 0. The molecule has 0 spiro atoms. The standard InChI is InChI=1S/C21H27N5O3/c1-14(2)11-18(21(28)24-15(3)16-7-5-4-6-8-16)25-19-13-22-17(12-23-19)9-10-20(27)26-29/h4-10,12-15,18,29H,11H2,1-3H3,(H,23,25)(H,24,28)(H,26,27)/t15-,18+/m0/s1. The average Bonchev–Trinajstić information content (AvgIpc) is 2.72. The molecular formula is C21H27N5O3. The van der Waals surface area contributed by atoms with E-state index in [9.17, 15) is 9.59 Å². The summed E-state index contributed by atoms with van der Waals surface area (Å²) in [5.74, 6) is -0.00462. The molecule has 1 heterocycles. The van der Waals surface area contributed by atoms with Crippen LogP contribution in [0, 0.1) is 5.92 Å². The van der Waals surface area contributed by atoms with Crippen LogP contribution in [0.1, 0.15) is 44.5 Å². The first-order chi connectivity index (χ1) is 13.9. The van der Waals surface area contributed by atoms with Crippen LogP contribution in [0.3, 0.4) is 0 Å². The van der Waals surface area contributed by atoms with Gasteiger partial charge in [-0.25, -0.2) is 10.5 Å². The fraction of sp³-hybridized carbons (Fsp3) is 0.333. The molecule has 8 heteroatoms. The molecule has 1 aromatic carbocycles. The van der Waals surface area contributed by atoms with Crippen molar-refractivity contribution in [3.05, 3.63) is 60.1 Å². The summed E-state index contributed by atoms with van der Waals surface area (Å²) in [6.45, 7) is 6.05. The van der Waals surface area contributed by atoms with E-state index >= 15 is 0 Å². The summed E-state index contributed by atoms with van der Waals surface area (Å²) in [4.78, 5) is 32.3. The highest BCUT2D eigenvalue weighted by atomic mass is 16.5. The van der Waals surface area contributed by atoms with Gasteiger partial charge in [-0.15, -0.1) is 0 Å². The van der Waals surface area contributed by atoms with E-state index in [-0.39, 0.29) is 11.9 Å². The molecule has 2 atom stereocenters. The quantitative estimate of drug-likeness (QED) is 0.294. The van der Waals surface area contributed by atoms with Crippen LogP contribution in [0.4, 0.5) is 5.82 Å². The van der Waals surface area contributed by atoms with Gasteiger partial charge in [0.25, 0.3) is 5.91 Å². The van der Waals surface area contributed by atoms with Gasteiger partial charge >= 0.3 is 0 Å². The largest absolute Gasteiger partial charge is 0.357 e. The smallest absolute Gasteiger partial charge is 0.267 e. The summed E-state index contributed by atoms with van der Waals surface area (Å²) in [6.07, 6.45) is 6.16. The van der Waals surface area contributed by atoms with Gasteiger partial charge in [-0.3, -0.25) is 19.8 Å². The van der Waals surface area contributed by atoms with Crippen molar-refractivity contribution in [2.24, 2.45) is 5.92 Å². The van der Waals surface area contributed by atoms with Gasteiger partial charge in [0.15, 0.2) is 0 Å².